The fourth-order valence-corrected chi connectivity index (χ4v) is 4.40. The molecule has 4 heteroatoms. The van der Waals surface area contributed by atoms with E-state index in [9.17, 15) is 0 Å². The predicted octanol–water partition coefficient (Wildman–Crippen LogP) is 6.71. The number of fused-ring (bicyclic) bond motifs is 1. The van der Waals surface area contributed by atoms with E-state index in [-0.39, 0.29) is 0 Å². The molecule has 0 saturated carbocycles. The number of ether oxygens (including phenoxy) is 1. The van der Waals surface area contributed by atoms with Gasteiger partial charge in [-0.15, -0.1) is 11.8 Å². The second-order valence-electron chi connectivity index (χ2n) is 6.12. The van der Waals surface area contributed by atoms with Gasteiger partial charge >= 0.3 is 0 Å². The molecule has 0 aliphatic carbocycles. The van der Waals surface area contributed by atoms with Crippen molar-refractivity contribution in [3.05, 3.63) is 88.9 Å². The normalized spacial score (nSPS) is 16.4. The summed E-state index contributed by atoms with van der Waals surface area (Å²) in [6.07, 6.45) is 0.854. The summed E-state index contributed by atoms with van der Waals surface area (Å²) in [5.74, 6) is 0.874. The molecule has 0 aromatic heterocycles. The van der Waals surface area contributed by atoms with E-state index >= 15 is 0 Å². The first kappa shape index (κ1) is 17.2. The first-order chi connectivity index (χ1) is 12.7. The molecule has 0 unspecified atom stereocenters. The van der Waals surface area contributed by atoms with E-state index in [2.05, 4.69) is 30.3 Å². The van der Waals surface area contributed by atoms with Gasteiger partial charge in [-0.1, -0.05) is 48.0 Å². The minimum atomic E-state index is 0.291. The van der Waals surface area contributed by atoms with Gasteiger partial charge in [0, 0.05) is 27.3 Å². The van der Waals surface area contributed by atoms with Crippen LogP contribution in [0.4, 0.5) is 5.69 Å². The fraction of sp³-hybridized carbons (Fsp3) is 0.136. The molecule has 0 spiro atoms. The third-order valence-electron chi connectivity index (χ3n) is 4.43. The van der Waals surface area contributed by atoms with Gasteiger partial charge in [0.1, 0.15) is 5.75 Å². The van der Waals surface area contributed by atoms with Crippen molar-refractivity contribution >= 4 is 34.8 Å². The monoisotopic (exact) mass is 379 g/mol. The van der Waals surface area contributed by atoms with Gasteiger partial charge in [-0.05, 0) is 47.5 Å². The van der Waals surface area contributed by atoms with Crippen molar-refractivity contribution in [2.24, 2.45) is 4.99 Å². The smallest absolute Gasteiger partial charge is 0.118 e. The fourth-order valence-electron chi connectivity index (χ4n) is 3.04. The van der Waals surface area contributed by atoms with Crippen LogP contribution >= 0.6 is 23.4 Å². The lowest BCUT2D eigenvalue weighted by atomic mass is 10.0. The van der Waals surface area contributed by atoms with E-state index < -0.39 is 0 Å². The molecule has 130 valence electrons. The van der Waals surface area contributed by atoms with Crippen molar-refractivity contribution in [1.29, 1.82) is 0 Å². The number of halogens is 1. The predicted molar refractivity (Wildman–Crippen MR) is 110 cm³/mol. The van der Waals surface area contributed by atoms with Gasteiger partial charge in [-0.25, -0.2) is 0 Å². The van der Waals surface area contributed by atoms with E-state index in [4.69, 9.17) is 21.3 Å². The lowest BCUT2D eigenvalue weighted by Gasteiger charge is -2.16. The maximum absolute atomic E-state index is 6.06. The number of thioether (sulfide) groups is 1. The van der Waals surface area contributed by atoms with Crippen molar-refractivity contribution in [2.45, 2.75) is 16.6 Å². The number of hydrogen-bond acceptors (Lipinski definition) is 3. The standard InChI is InChI=1S/C22H18ClNOS/c1-25-18-12-8-16(9-13-18)22-14-20(15-6-10-17(23)11-7-15)24-19-4-2-3-5-21(19)26-22/h2-13,22H,14H2,1H3/t22-/m1/s1. The van der Waals surface area contributed by atoms with Crippen molar-refractivity contribution in [1.82, 2.24) is 0 Å². The van der Waals surface area contributed by atoms with Crippen LogP contribution in [0.25, 0.3) is 0 Å². The Bertz CT molecular complexity index is 935. The minimum Gasteiger partial charge on any atom is -0.497 e. The summed E-state index contributed by atoms with van der Waals surface area (Å²) < 4.78 is 5.30. The Balaban J connectivity index is 1.75. The van der Waals surface area contributed by atoms with E-state index in [0.29, 0.717) is 5.25 Å². The van der Waals surface area contributed by atoms with Crippen LogP contribution in [0.1, 0.15) is 22.8 Å². The topological polar surface area (TPSA) is 21.6 Å². The highest BCUT2D eigenvalue weighted by molar-refractivity contribution is 7.99. The van der Waals surface area contributed by atoms with Gasteiger partial charge in [-0.2, -0.15) is 0 Å². The van der Waals surface area contributed by atoms with Crippen molar-refractivity contribution in [3.8, 4) is 5.75 Å². The zero-order valence-electron chi connectivity index (χ0n) is 14.4. The molecule has 0 fully saturated rings. The highest BCUT2D eigenvalue weighted by Gasteiger charge is 2.22. The van der Waals surface area contributed by atoms with Crippen LogP contribution in [0.5, 0.6) is 5.75 Å². The molecule has 1 heterocycles. The molecular formula is C22H18ClNOS. The summed E-state index contributed by atoms with van der Waals surface area (Å²) in [7, 11) is 1.69. The third-order valence-corrected chi connectivity index (χ3v) is 6.01. The molecule has 0 saturated heterocycles. The van der Waals surface area contributed by atoms with Crippen molar-refractivity contribution in [2.75, 3.05) is 7.11 Å². The van der Waals surface area contributed by atoms with Gasteiger partial charge in [0.2, 0.25) is 0 Å². The Morgan fingerprint density at radius 3 is 2.42 bits per heavy atom. The van der Waals surface area contributed by atoms with Crippen molar-refractivity contribution in [3.63, 3.8) is 0 Å². The third kappa shape index (κ3) is 3.64. The van der Waals surface area contributed by atoms with Crippen LogP contribution in [0.3, 0.4) is 0 Å². The minimum absolute atomic E-state index is 0.291. The van der Waals surface area contributed by atoms with Crippen LogP contribution in [-0.4, -0.2) is 12.8 Å². The summed E-state index contributed by atoms with van der Waals surface area (Å²) in [6.45, 7) is 0. The molecule has 3 aromatic carbocycles. The van der Waals surface area contributed by atoms with Crippen LogP contribution < -0.4 is 4.74 Å². The summed E-state index contributed by atoms with van der Waals surface area (Å²) >= 11 is 7.93. The van der Waals surface area contributed by atoms with Crippen LogP contribution in [0, 0.1) is 0 Å². The molecule has 26 heavy (non-hydrogen) atoms. The highest BCUT2D eigenvalue weighted by atomic mass is 35.5. The Labute approximate surface area is 162 Å². The molecular weight excluding hydrogens is 362 g/mol. The first-order valence-corrected chi connectivity index (χ1v) is 9.72. The van der Waals surface area contributed by atoms with Gasteiger partial charge < -0.3 is 4.74 Å². The Hall–Kier alpha value is -2.23. The van der Waals surface area contributed by atoms with E-state index in [1.165, 1.54) is 10.5 Å². The average molecular weight is 380 g/mol. The molecule has 3 aromatic rings. The molecule has 1 atom stereocenters. The number of aliphatic imine (C=N–C) groups is 1. The molecule has 0 bridgehead atoms. The molecule has 1 aliphatic heterocycles. The van der Waals surface area contributed by atoms with Gasteiger partial charge in [0.15, 0.2) is 0 Å². The quantitative estimate of drug-likeness (QED) is 0.504. The zero-order chi connectivity index (χ0) is 17.9. The zero-order valence-corrected chi connectivity index (χ0v) is 15.9. The lowest BCUT2D eigenvalue weighted by molar-refractivity contribution is 0.414. The van der Waals surface area contributed by atoms with Crippen molar-refractivity contribution < 1.29 is 4.74 Å². The van der Waals surface area contributed by atoms with E-state index in [1.807, 2.05) is 54.2 Å². The van der Waals surface area contributed by atoms with Gasteiger partial charge in [0.05, 0.1) is 12.8 Å². The number of para-hydroxylation sites is 1. The van der Waals surface area contributed by atoms with Crippen LogP contribution in [-0.2, 0) is 0 Å². The van der Waals surface area contributed by atoms with Gasteiger partial charge in [0.25, 0.3) is 0 Å². The number of nitrogens with zero attached hydrogens (tertiary/aromatic N) is 1. The second kappa shape index (κ2) is 7.56. The molecule has 2 nitrogen and oxygen atoms in total. The van der Waals surface area contributed by atoms with Crippen LogP contribution in [0.15, 0.2) is 82.7 Å². The SMILES string of the molecule is COc1ccc([C@H]2CC(c3ccc(Cl)cc3)=Nc3ccccc3S2)cc1. The average Bonchev–Trinajstić information content (AvgIpc) is 2.88. The first-order valence-electron chi connectivity index (χ1n) is 8.46. The lowest BCUT2D eigenvalue weighted by Crippen LogP contribution is -2.05. The number of hydrogen-bond donors (Lipinski definition) is 0. The molecule has 0 radical (unpaired) electrons. The van der Waals surface area contributed by atoms with E-state index in [0.717, 1.165) is 34.2 Å². The molecule has 1 aliphatic rings. The Morgan fingerprint density at radius 2 is 1.69 bits per heavy atom. The summed E-state index contributed by atoms with van der Waals surface area (Å²) in [4.78, 5) is 6.18. The van der Waals surface area contributed by atoms with Gasteiger partial charge in [-0.3, -0.25) is 4.99 Å². The summed E-state index contributed by atoms with van der Waals surface area (Å²) in [5.41, 5.74) is 4.50. The Morgan fingerprint density at radius 1 is 0.962 bits per heavy atom. The summed E-state index contributed by atoms with van der Waals surface area (Å²) in [6, 6.07) is 24.6. The highest BCUT2D eigenvalue weighted by Crippen LogP contribution is 2.45. The maximum Gasteiger partial charge on any atom is 0.118 e. The van der Waals surface area contributed by atoms with Crippen LogP contribution in [0.2, 0.25) is 5.02 Å². The molecule has 4 rings (SSSR count). The van der Waals surface area contributed by atoms with E-state index in [1.54, 1.807) is 7.11 Å². The number of rotatable bonds is 3. The molecule has 0 N–H and O–H groups in total. The number of benzene rings is 3. The largest absolute Gasteiger partial charge is 0.497 e. The second-order valence-corrected chi connectivity index (χ2v) is 7.80. The Kier molecular flexibility index (Phi) is 5.00. The summed E-state index contributed by atoms with van der Waals surface area (Å²) in [5, 5.41) is 1.03. The molecule has 0 amide bonds. The number of methoxy groups -OCH3 is 1. The maximum atomic E-state index is 6.06.